The zero-order valence-electron chi connectivity index (χ0n) is 15.2. The van der Waals surface area contributed by atoms with Gasteiger partial charge in [-0.1, -0.05) is 18.2 Å². The van der Waals surface area contributed by atoms with Gasteiger partial charge in [0.15, 0.2) is 0 Å². The molecule has 0 spiro atoms. The molecule has 3 N–H and O–H groups in total. The standard InChI is InChI=1S/C21H19N3O4/c1-24-11-16(10-23-24)19-15(12-25)8-18(20-17(19)5-6-28-20)14-4-2-3-13(7-14)9-22-21(26)27/h2-8,10-11,22,25H,9,12H2,1H3,(H,26,27). The Balaban J connectivity index is 1.87. The van der Waals surface area contributed by atoms with Crippen LogP contribution in [0.3, 0.4) is 0 Å². The molecule has 0 bridgehead atoms. The molecule has 4 rings (SSSR count). The Morgan fingerprint density at radius 1 is 1.25 bits per heavy atom. The number of nitrogens with zero attached hydrogens (tertiary/aromatic N) is 2. The van der Waals surface area contributed by atoms with Gasteiger partial charge < -0.3 is 19.9 Å². The second kappa shape index (κ2) is 7.21. The minimum Gasteiger partial charge on any atom is -0.465 e. The molecule has 0 aliphatic rings. The van der Waals surface area contributed by atoms with Crippen molar-refractivity contribution in [1.82, 2.24) is 15.1 Å². The van der Waals surface area contributed by atoms with Crippen LogP contribution in [0.2, 0.25) is 0 Å². The summed E-state index contributed by atoms with van der Waals surface area (Å²) in [5, 5.41) is 26.3. The Kier molecular flexibility index (Phi) is 4.58. The summed E-state index contributed by atoms with van der Waals surface area (Å²) in [6, 6.07) is 11.4. The van der Waals surface area contributed by atoms with Crippen molar-refractivity contribution in [1.29, 1.82) is 0 Å². The summed E-state index contributed by atoms with van der Waals surface area (Å²) < 4.78 is 7.51. The van der Waals surface area contributed by atoms with Gasteiger partial charge in [-0.25, -0.2) is 4.79 Å². The van der Waals surface area contributed by atoms with Crippen molar-refractivity contribution in [3.63, 3.8) is 0 Å². The monoisotopic (exact) mass is 377 g/mol. The van der Waals surface area contributed by atoms with E-state index in [4.69, 9.17) is 9.52 Å². The van der Waals surface area contributed by atoms with Gasteiger partial charge in [-0.2, -0.15) is 5.10 Å². The fourth-order valence-corrected chi connectivity index (χ4v) is 3.46. The fraction of sp³-hybridized carbons (Fsp3) is 0.143. The van der Waals surface area contributed by atoms with Gasteiger partial charge in [-0.15, -0.1) is 0 Å². The number of nitrogens with one attached hydrogen (secondary N) is 1. The molecular weight excluding hydrogens is 358 g/mol. The molecule has 7 nitrogen and oxygen atoms in total. The third kappa shape index (κ3) is 3.23. The Morgan fingerprint density at radius 2 is 2.11 bits per heavy atom. The van der Waals surface area contributed by atoms with Crippen LogP contribution in [-0.4, -0.2) is 26.1 Å². The largest absolute Gasteiger partial charge is 0.465 e. The van der Waals surface area contributed by atoms with Crippen molar-refractivity contribution in [3.8, 4) is 22.3 Å². The van der Waals surface area contributed by atoms with E-state index in [-0.39, 0.29) is 13.2 Å². The van der Waals surface area contributed by atoms with E-state index in [1.54, 1.807) is 17.1 Å². The summed E-state index contributed by atoms with van der Waals surface area (Å²) in [6.45, 7) is 0.0870. The molecule has 2 aromatic heterocycles. The first kappa shape index (κ1) is 17.8. The van der Waals surface area contributed by atoms with E-state index in [0.29, 0.717) is 5.58 Å². The maximum absolute atomic E-state index is 10.8. The molecule has 0 atom stereocenters. The quantitative estimate of drug-likeness (QED) is 0.492. The molecule has 0 fully saturated rings. The van der Waals surface area contributed by atoms with Crippen LogP contribution >= 0.6 is 0 Å². The third-order valence-corrected chi connectivity index (χ3v) is 4.66. The lowest BCUT2D eigenvalue weighted by atomic mass is 9.92. The van der Waals surface area contributed by atoms with Crippen LogP contribution in [0.1, 0.15) is 11.1 Å². The Hall–Kier alpha value is -3.58. The van der Waals surface area contributed by atoms with Gasteiger partial charge in [0, 0.05) is 41.9 Å². The van der Waals surface area contributed by atoms with E-state index in [2.05, 4.69) is 10.4 Å². The van der Waals surface area contributed by atoms with Gasteiger partial charge in [-0.3, -0.25) is 4.68 Å². The second-order valence-electron chi connectivity index (χ2n) is 6.54. The van der Waals surface area contributed by atoms with Crippen molar-refractivity contribution in [2.24, 2.45) is 7.05 Å². The molecule has 7 heteroatoms. The smallest absolute Gasteiger partial charge is 0.404 e. The van der Waals surface area contributed by atoms with Crippen LogP contribution in [0.15, 0.2) is 59.5 Å². The van der Waals surface area contributed by atoms with E-state index in [9.17, 15) is 9.90 Å². The molecular formula is C21H19N3O4. The number of hydrogen-bond acceptors (Lipinski definition) is 4. The van der Waals surface area contributed by atoms with E-state index < -0.39 is 6.09 Å². The number of carbonyl (C=O) groups is 1. The minimum atomic E-state index is -1.07. The molecule has 0 unspecified atom stereocenters. The molecule has 0 aliphatic heterocycles. The molecule has 0 saturated heterocycles. The summed E-state index contributed by atoms with van der Waals surface area (Å²) in [5.41, 5.74) is 5.84. The normalized spacial score (nSPS) is 11.1. The molecule has 142 valence electrons. The number of furan rings is 1. The van der Waals surface area contributed by atoms with E-state index in [1.165, 1.54) is 0 Å². The van der Waals surface area contributed by atoms with Gasteiger partial charge in [0.2, 0.25) is 0 Å². The average Bonchev–Trinajstić information content (AvgIpc) is 3.34. The number of aromatic nitrogens is 2. The first-order valence-corrected chi connectivity index (χ1v) is 8.76. The van der Waals surface area contributed by atoms with Crippen molar-refractivity contribution < 1.29 is 19.4 Å². The number of carboxylic acid groups (broad SMARTS) is 1. The van der Waals surface area contributed by atoms with E-state index in [1.807, 2.05) is 49.6 Å². The van der Waals surface area contributed by atoms with Gasteiger partial charge >= 0.3 is 6.09 Å². The SMILES string of the molecule is Cn1cc(-c2c(CO)cc(-c3cccc(CNC(=O)O)c3)c3occc23)cn1. The Labute approximate surface area is 160 Å². The number of amides is 1. The third-order valence-electron chi connectivity index (χ3n) is 4.66. The lowest BCUT2D eigenvalue weighted by molar-refractivity contribution is 0.194. The summed E-state index contributed by atoms with van der Waals surface area (Å²) >= 11 is 0. The second-order valence-corrected chi connectivity index (χ2v) is 6.54. The van der Waals surface area contributed by atoms with Crippen LogP contribution in [0.4, 0.5) is 4.79 Å². The zero-order valence-corrected chi connectivity index (χ0v) is 15.2. The zero-order chi connectivity index (χ0) is 19.7. The molecule has 4 aromatic rings. The number of benzene rings is 2. The van der Waals surface area contributed by atoms with E-state index in [0.717, 1.165) is 38.8 Å². The highest BCUT2D eigenvalue weighted by atomic mass is 16.4. The molecule has 2 heterocycles. The lowest BCUT2D eigenvalue weighted by Gasteiger charge is -2.12. The summed E-state index contributed by atoms with van der Waals surface area (Å²) in [5.74, 6) is 0. The highest BCUT2D eigenvalue weighted by molar-refractivity contribution is 6.03. The lowest BCUT2D eigenvalue weighted by Crippen LogP contribution is -2.19. The number of fused-ring (bicyclic) bond motifs is 1. The predicted molar refractivity (Wildman–Crippen MR) is 105 cm³/mol. The highest BCUT2D eigenvalue weighted by Gasteiger charge is 2.18. The van der Waals surface area contributed by atoms with Gasteiger partial charge in [0.25, 0.3) is 0 Å². The average molecular weight is 377 g/mol. The topological polar surface area (TPSA) is 101 Å². The van der Waals surface area contributed by atoms with Crippen molar-refractivity contribution >= 4 is 17.1 Å². The molecule has 0 radical (unpaired) electrons. The highest BCUT2D eigenvalue weighted by Crippen LogP contribution is 2.39. The van der Waals surface area contributed by atoms with Crippen LogP contribution in [-0.2, 0) is 20.2 Å². The van der Waals surface area contributed by atoms with Crippen molar-refractivity contribution in [2.45, 2.75) is 13.2 Å². The predicted octanol–water partition coefficient (Wildman–Crippen LogP) is 3.76. The molecule has 28 heavy (non-hydrogen) atoms. The number of aliphatic hydroxyl groups excluding tert-OH is 1. The number of aliphatic hydroxyl groups is 1. The van der Waals surface area contributed by atoms with Gasteiger partial charge in [0.05, 0.1) is 19.1 Å². The van der Waals surface area contributed by atoms with Gasteiger partial charge in [0.1, 0.15) is 5.58 Å². The summed E-state index contributed by atoms with van der Waals surface area (Å²) in [6.07, 6.45) is 4.23. The van der Waals surface area contributed by atoms with Crippen molar-refractivity contribution in [3.05, 3.63) is 66.2 Å². The number of hydrogen-bond donors (Lipinski definition) is 3. The first-order valence-electron chi connectivity index (χ1n) is 8.76. The maximum atomic E-state index is 10.8. The maximum Gasteiger partial charge on any atom is 0.404 e. The van der Waals surface area contributed by atoms with Crippen LogP contribution in [0.25, 0.3) is 33.2 Å². The Bertz CT molecular complexity index is 1160. The van der Waals surface area contributed by atoms with Crippen LogP contribution < -0.4 is 5.32 Å². The van der Waals surface area contributed by atoms with Crippen molar-refractivity contribution in [2.75, 3.05) is 0 Å². The number of aryl methyl sites for hydroxylation is 1. The van der Waals surface area contributed by atoms with Crippen LogP contribution in [0.5, 0.6) is 0 Å². The van der Waals surface area contributed by atoms with E-state index >= 15 is 0 Å². The van der Waals surface area contributed by atoms with Crippen LogP contribution in [0, 0.1) is 0 Å². The minimum absolute atomic E-state index is 0.126. The Morgan fingerprint density at radius 3 is 2.82 bits per heavy atom. The number of rotatable bonds is 5. The summed E-state index contributed by atoms with van der Waals surface area (Å²) in [7, 11) is 1.85. The molecule has 2 aromatic carbocycles. The van der Waals surface area contributed by atoms with Gasteiger partial charge in [-0.05, 0) is 34.9 Å². The first-order chi connectivity index (χ1) is 13.6. The molecule has 0 aliphatic carbocycles. The molecule has 0 saturated carbocycles. The summed E-state index contributed by atoms with van der Waals surface area (Å²) in [4.78, 5) is 10.8. The molecule has 1 amide bonds. The fourth-order valence-electron chi connectivity index (χ4n) is 3.46.